The summed E-state index contributed by atoms with van der Waals surface area (Å²) in [5.74, 6) is -6.03. The lowest BCUT2D eigenvalue weighted by molar-refractivity contribution is -0.142. The number of hydrogen-bond donors (Lipinski definition) is 7. The van der Waals surface area contributed by atoms with E-state index >= 15 is 0 Å². The standard InChI is InChI=1S/C26H32N6O7/c27-17(11-15-7-3-1-4-8-15)23(35)30-18(13-21(28)33)24(36)31-19(14-22(29)34)25(37)32-20(26(38)39)12-16-9-5-2-6-10-16/h1-10,17-20H,11-14,27H2,(H2,28,33)(H2,29,34)(H,30,35)(H,31,36)(H,32,37)(H,38,39). The third-order valence-electron chi connectivity index (χ3n) is 5.61. The number of carbonyl (C=O) groups excluding carboxylic acids is 5. The summed E-state index contributed by atoms with van der Waals surface area (Å²) in [6.45, 7) is 0. The molecule has 4 atom stereocenters. The number of rotatable bonds is 15. The second kappa shape index (κ2) is 14.8. The number of carboxylic acids is 1. The quantitative estimate of drug-likeness (QED) is 0.134. The molecule has 13 heteroatoms. The van der Waals surface area contributed by atoms with Crippen molar-refractivity contribution in [1.29, 1.82) is 0 Å². The highest BCUT2D eigenvalue weighted by atomic mass is 16.4. The Hall–Kier alpha value is -4.78. The summed E-state index contributed by atoms with van der Waals surface area (Å²) in [6.07, 6.45) is -1.24. The molecule has 39 heavy (non-hydrogen) atoms. The van der Waals surface area contributed by atoms with Gasteiger partial charge in [0.05, 0.1) is 18.9 Å². The van der Waals surface area contributed by atoms with E-state index in [-0.39, 0.29) is 12.8 Å². The molecule has 0 radical (unpaired) electrons. The number of benzene rings is 2. The van der Waals surface area contributed by atoms with Gasteiger partial charge in [0, 0.05) is 6.42 Å². The maximum Gasteiger partial charge on any atom is 0.326 e. The summed E-state index contributed by atoms with van der Waals surface area (Å²) in [5.41, 5.74) is 17.8. The SMILES string of the molecule is NC(=O)CC(NC(=O)C(N)Cc1ccccc1)C(=O)NC(CC(N)=O)C(=O)NC(Cc1ccccc1)C(=O)O. The predicted octanol–water partition coefficient (Wildman–Crippen LogP) is -1.91. The predicted molar refractivity (Wildman–Crippen MR) is 139 cm³/mol. The lowest BCUT2D eigenvalue weighted by Crippen LogP contribution is -2.58. The Morgan fingerprint density at radius 3 is 1.41 bits per heavy atom. The van der Waals surface area contributed by atoms with Gasteiger partial charge in [0.1, 0.15) is 18.1 Å². The molecule has 0 bridgehead atoms. The maximum absolute atomic E-state index is 13.0. The molecule has 5 amide bonds. The molecule has 0 spiro atoms. The van der Waals surface area contributed by atoms with Crippen LogP contribution in [0.5, 0.6) is 0 Å². The molecule has 4 unspecified atom stereocenters. The summed E-state index contributed by atoms with van der Waals surface area (Å²) in [5, 5.41) is 16.4. The summed E-state index contributed by atoms with van der Waals surface area (Å²) in [7, 11) is 0. The molecule has 2 aromatic rings. The number of primary amides is 2. The summed E-state index contributed by atoms with van der Waals surface area (Å²) in [4.78, 5) is 73.5. The first-order valence-corrected chi connectivity index (χ1v) is 12.0. The molecule has 0 aliphatic carbocycles. The smallest absolute Gasteiger partial charge is 0.326 e. The largest absolute Gasteiger partial charge is 0.480 e. The van der Waals surface area contributed by atoms with E-state index in [0.717, 1.165) is 5.56 Å². The minimum absolute atomic E-state index is 0.0706. The molecular weight excluding hydrogens is 508 g/mol. The van der Waals surface area contributed by atoms with E-state index in [1.165, 1.54) is 0 Å². The monoisotopic (exact) mass is 540 g/mol. The number of carboxylic acid groups (broad SMARTS) is 1. The maximum atomic E-state index is 13.0. The van der Waals surface area contributed by atoms with Gasteiger partial charge in [-0.15, -0.1) is 0 Å². The molecule has 2 aromatic carbocycles. The van der Waals surface area contributed by atoms with Crippen molar-refractivity contribution >= 4 is 35.5 Å². The summed E-state index contributed by atoms with van der Waals surface area (Å²) in [6, 6.07) is 11.7. The normalized spacial score (nSPS) is 13.7. The molecular formula is C26H32N6O7. The van der Waals surface area contributed by atoms with Crippen molar-refractivity contribution in [3.63, 3.8) is 0 Å². The van der Waals surface area contributed by atoms with Crippen molar-refractivity contribution in [2.45, 2.75) is 49.9 Å². The number of amides is 5. The molecule has 0 saturated heterocycles. The van der Waals surface area contributed by atoms with Crippen molar-refractivity contribution in [3.05, 3.63) is 71.8 Å². The van der Waals surface area contributed by atoms with Crippen LogP contribution in [0.25, 0.3) is 0 Å². The molecule has 0 fully saturated rings. The number of carbonyl (C=O) groups is 6. The average molecular weight is 541 g/mol. The number of hydrogen-bond acceptors (Lipinski definition) is 7. The molecule has 0 aliphatic rings. The van der Waals surface area contributed by atoms with Crippen molar-refractivity contribution in [2.75, 3.05) is 0 Å². The van der Waals surface area contributed by atoms with Crippen molar-refractivity contribution in [3.8, 4) is 0 Å². The van der Waals surface area contributed by atoms with Crippen LogP contribution in [0.2, 0.25) is 0 Å². The molecule has 0 aromatic heterocycles. The van der Waals surface area contributed by atoms with Crippen LogP contribution in [-0.4, -0.2) is 64.8 Å². The van der Waals surface area contributed by atoms with Gasteiger partial charge in [0.2, 0.25) is 29.5 Å². The highest BCUT2D eigenvalue weighted by Crippen LogP contribution is 2.06. The first kappa shape index (κ1) is 30.4. The van der Waals surface area contributed by atoms with Crippen LogP contribution < -0.4 is 33.2 Å². The number of nitrogens with one attached hydrogen (secondary N) is 3. The van der Waals surface area contributed by atoms with Gasteiger partial charge in [0.25, 0.3) is 0 Å². The van der Waals surface area contributed by atoms with Crippen LogP contribution in [0.3, 0.4) is 0 Å². The Labute approximate surface area is 224 Å². The van der Waals surface area contributed by atoms with Crippen molar-refractivity contribution < 1.29 is 33.9 Å². The van der Waals surface area contributed by atoms with Gasteiger partial charge >= 0.3 is 5.97 Å². The van der Waals surface area contributed by atoms with E-state index < -0.39 is 72.5 Å². The molecule has 2 rings (SSSR count). The number of aliphatic carboxylic acids is 1. The zero-order valence-electron chi connectivity index (χ0n) is 21.0. The Balaban J connectivity index is 2.13. The van der Waals surface area contributed by atoms with Crippen molar-refractivity contribution in [1.82, 2.24) is 16.0 Å². The van der Waals surface area contributed by atoms with E-state index in [9.17, 15) is 33.9 Å². The van der Waals surface area contributed by atoms with E-state index in [1.54, 1.807) is 60.7 Å². The van der Waals surface area contributed by atoms with E-state index in [2.05, 4.69) is 16.0 Å². The third-order valence-corrected chi connectivity index (χ3v) is 5.61. The fourth-order valence-corrected chi connectivity index (χ4v) is 3.65. The van der Waals surface area contributed by atoms with Crippen LogP contribution in [0, 0.1) is 0 Å². The van der Waals surface area contributed by atoms with Gasteiger partial charge in [-0.25, -0.2) is 4.79 Å². The van der Waals surface area contributed by atoms with Crippen LogP contribution in [0.15, 0.2) is 60.7 Å². The van der Waals surface area contributed by atoms with E-state index in [0.29, 0.717) is 5.56 Å². The van der Waals surface area contributed by atoms with Crippen molar-refractivity contribution in [2.24, 2.45) is 17.2 Å². The molecule has 0 heterocycles. The van der Waals surface area contributed by atoms with Gasteiger partial charge in [-0.1, -0.05) is 60.7 Å². The lowest BCUT2D eigenvalue weighted by Gasteiger charge is -2.24. The second-order valence-electron chi connectivity index (χ2n) is 8.85. The number of nitrogens with two attached hydrogens (primary N) is 3. The first-order valence-electron chi connectivity index (χ1n) is 12.0. The minimum Gasteiger partial charge on any atom is -0.480 e. The molecule has 208 valence electrons. The van der Waals surface area contributed by atoms with E-state index in [1.807, 2.05) is 0 Å². The second-order valence-corrected chi connectivity index (χ2v) is 8.85. The highest BCUT2D eigenvalue weighted by Gasteiger charge is 2.32. The summed E-state index contributed by atoms with van der Waals surface area (Å²) >= 11 is 0. The lowest BCUT2D eigenvalue weighted by atomic mass is 10.0. The van der Waals surface area contributed by atoms with Crippen LogP contribution in [0.1, 0.15) is 24.0 Å². The fraction of sp³-hybridized carbons (Fsp3) is 0.308. The van der Waals surface area contributed by atoms with Crippen LogP contribution in [-0.2, 0) is 41.6 Å². The van der Waals surface area contributed by atoms with Gasteiger partial charge in [-0.3, -0.25) is 24.0 Å². The highest BCUT2D eigenvalue weighted by molar-refractivity contribution is 5.97. The Morgan fingerprint density at radius 1 is 0.615 bits per heavy atom. The molecule has 0 aliphatic heterocycles. The zero-order chi connectivity index (χ0) is 28.9. The molecule has 0 saturated carbocycles. The third kappa shape index (κ3) is 10.6. The van der Waals surface area contributed by atoms with Gasteiger partial charge < -0.3 is 38.3 Å². The molecule has 10 N–H and O–H groups in total. The Morgan fingerprint density at radius 2 is 1.00 bits per heavy atom. The van der Waals surface area contributed by atoms with Gasteiger partial charge in [-0.05, 0) is 17.5 Å². The first-order chi connectivity index (χ1) is 18.5. The Kier molecular flexibility index (Phi) is 11.6. The van der Waals surface area contributed by atoms with Crippen LogP contribution in [0.4, 0.5) is 0 Å². The van der Waals surface area contributed by atoms with Crippen LogP contribution >= 0.6 is 0 Å². The zero-order valence-corrected chi connectivity index (χ0v) is 21.0. The molecule has 13 nitrogen and oxygen atoms in total. The topological polar surface area (TPSA) is 237 Å². The van der Waals surface area contributed by atoms with Gasteiger partial charge in [-0.2, -0.15) is 0 Å². The summed E-state index contributed by atoms with van der Waals surface area (Å²) < 4.78 is 0. The fourth-order valence-electron chi connectivity index (χ4n) is 3.65. The average Bonchev–Trinajstić information content (AvgIpc) is 2.88. The Bertz CT molecular complexity index is 1180. The van der Waals surface area contributed by atoms with E-state index in [4.69, 9.17) is 17.2 Å². The van der Waals surface area contributed by atoms with Gasteiger partial charge in [0.15, 0.2) is 0 Å². The minimum atomic E-state index is -1.60.